The Labute approximate surface area is 119 Å². The van der Waals surface area contributed by atoms with Crippen molar-refractivity contribution in [1.29, 1.82) is 0 Å². The molecule has 0 radical (unpaired) electrons. The van der Waals surface area contributed by atoms with E-state index in [1.165, 1.54) is 0 Å². The zero-order valence-corrected chi connectivity index (χ0v) is 11.2. The zero-order valence-electron chi connectivity index (χ0n) is 11.2. The van der Waals surface area contributed by atoms with E-state index in [2.05, 4.69) is 10.6 Å². The van der Waals surface area contributed by atoms with Crippen LogP contribution in [0.1, 0.15) is 10.4 Å². The molecule has 0 spiro atoms. The standard InChI is InChI=1S/C13H14F2N2O4/c1-16-11-5-21-4-7(11)12(18)17-10-3-9(15)8(14)2-6(10)13(19)20/h2-3,7,11,16H,4-5H2,1H3,(H,17,18)(H,19,20). The number of amides is 1. The van der Waals surface area contributed by atoms with Gasteiger partial charge < -0.3 is 20.5 Å². The first kappa shape index (κ1) is 15.3. The van der Waals surface area contributed by atoms with Gasteiger partial charge in [-0.25, -0.2) is 13.6 Å². The van der Waals surface area contributed by atoms with Gasteiger partial charge in [0.15, 0.2) is 11.6 Å². The van der Waals surface area contributed by atoms with Gasteiger partial charge in [-0.2, -0.15) is 0 Å². The highest BCUT2D eigenvalue weighted by atomic mass is 19.2. The summed E-state index contributed by atoms with van der Waals surface area (Å²) in [5.74, 6) is -5.03. The topological polar surface area (TPSA) is 87.7 Å². The monoisotopic (exact) mass is 300 g/mol. The van der Waals surface area contributed by atoms with Crippen molar-refractivity contribution in [3.05, 3.63) is 29.3 Å². The predicted molar refractivity (Wildman–Crippen MR) is 69.1 cm³/mol. The molecular formula is C13H14F2N2O4. The number of likely N-dealkylation sites (N-methyl/N-ethyl adjacent to an activating group) is 1. The van der Waals surface area contributed by atoms with Crippen LogP contribution in [0.15, 0.2) is 12.1 Å². The van der Waals surface area contributed by atoms with Gasteiger partial charge in [0.1, 0.15) is 0 Å². The van der Waals surface area contributed by atoms with Crippen molar-refractivity contribution < 1.29 is 28.2 Å². The van der Waals surface area contributed by atoms with Crippen LogP contribution >= 0.6 is 0 Å². The number of ether oxygens (including phenoxy) is 1. The second kappa shape index (κ2) is 6.15. The number of carbonyl (C=O) groups excluding carboxylic acids is 1. The van der Waals surface area contributed by atoms with E-state index in [1.54, 1.807) is 7.05 Å². The first-order valence-electron chi connectivity index (χ1n) is 6.22. The van der Waals surface area contributed by atoms with Gasteiger partial charge in [-0.05, 0) is 13.1 Å². The Hall–Kier alpha value is -2.06. The van der Waals surface area contributed by atoms with E-state index in [4.69, 9.17) is 9.84 Å². The summed E-state index contributed by atoms with van der Waals surface area (Å²) in [4.78, 5) is 23.1. The van der Waals surface area contributed by atoms with Crippen molar-refractivity contribution >= 4 is 17.6 Å². The van der Waals surface area contributed by atoms with Gasteiger partial charge >= 0.3 is 5.97 Å². The number of hydrogen-bond acceptors (Lipinski definition) is 4. The Morgan fingerprint density at radius 3 is 2.57 bits per heavy atom. The molecule has 1 aliphatic heterocycles. The summed E-state index contributed by atoms with van der Waals surface area (Å²) in [5, 5.41) is 14.2. The van der Waals surface area contributed by atoms with Crippen LogP contribution in [0.5, 0.6) is 0 Å². The fraction of sp³-hybridized carbons (Fsp3) is 0.385. The molecule has 1 fully saturated rings. The lowest BCUT2D eigenvalue weighted by molar-refractivity contribution is -0.120. The number of rotatable bonds is 4. The van der Waals surface area contributed by atoms with Crippen LogP contribution in [0.25, 0.3) is 0 Å². The molecule has 0 aromatic heterocycles. The molecule has 6 nitrogen and oxygen atoms in total. The molecule has 8 heteroatoms. The number of benzene rings is 1. The van der Waals surface area contributed by atoms with E-state index in [-0.39, 0.29) is 18.3 Å². The fourth-order valence-corrected chi connectivity index (χ4v) is 2.15. The molecule has 0 aliphatic carbocycles. The molecule has 1 aromatic rings. The first-order valence-corrected chi connectivity index (χ1v) is 6.22. The lowest BCUT2D eigenvalue weighted by Gasteiger charge is -2.17. The number of hydrogen-bond donors (Lipinski definition) is 3. The van der Waals surface area contributed by atoms with E-state index < -0.39 is 35.0 Å². The van der Waals surface area contributed by atoms with Crippen LogP contribution in [0, 0.1) is 17.6 Å². The molecule has 1 amide bonds. The highest BCUT2D eigenvalue weighted by molar-refractivity contribution is 6.01. The Kier molecular flexibility index (Phi) is 4.49. The molecule has 3 N–H and O–H groups in total. The van der Waals surface area contributed by atoms with Crippen LogP contribution in [-0.4, -0.2) is 43.3 Å². The largest absolute Gasteiger partial charge is 0.478 e. The van der Waals surface area contributed by atoms with Gasteiger partial charge in [-0.1, -0.05) is 0 Å². The molecule has 2 unspecified atom stereocenters. The number of halogens is 2. The summed E-state index contributed by atoms with van der Waals surface area (Å²) >= 11 is 0. The Balaban J connectivity index is 2.24. The van der Waals surface area contributed by atoms with Crippen LogP contribution in [0.4, 0.5) is 14.5 Å². The number of nitrogens with one attached hydrogen (secondary N) is 2. The molecule has 114 valence electrons. The van der Waals surface area contributed by atoms with Crippen molar-refractivity contribution in [1.82, 2.24) is 5.32 Å². The Morgan fingerprint density at radius 2 is 1.95 bits per heavy atom. The highest BCUT2D eigenvalue weighted by Crippen LogP contribution is 2.22. The molecule has 1 saturated heterocycles. The highest BCUT2D eigenvalue weighted by Gasteiger charge is 2.33. The third-order valence-electron chi connectivity index (χ3n) is 3.34. The van der Waals surface area contributed by atoms with Gasteiger partial charge in [-0.15, -0.1) is 0 Å². The van der Waals surface area contributed by atoms with Crippen molar-refractivity contribution in [3.63, 3.8) is 0 Å². The van der Waals surface area contributed by atoms with Gasteiger partial charge in [0.05, 0.1) is 30.4 Å². The smallest absolute Gasteiger partial charge is 0.337 e. The van der Waals surface area contributed by atoms with Crippen LogP contribution in [0.2, 0.25) is 0 Å². The first-order chi connectivity index (χ1) is 9.93. The average Bonchev–Trinajstić information content (AvgIpc) is 2.90. The molecule has 0 saturated carbocycles. The second-order valence-electron chi connectivity index (χ2n) is 4.65. The molecule has 1 aromatic carbocycles. The molecule has 21 heavy (non-hydrogen) atoms. The summed E-state index contributed by atoms with van der Waals surface area (Å²) in [6.07, 6.45) is 0. The minimum atomic E-state index is -1.46. The summed E-state index contributed by atoms with van der Waals surface area (Å²) in [5.41, 5.74) is -0.796. The number of anilines is 1. The van der Waals surface area contributed by atoms with E-state index in [0.29, 0.717) is 18.7 Å². The Morgan fingerprint density at radius 1 is 1.29 bits per heavy atom. The van der Waals surface area contributed by atoms with Crippen molar-refractivity contribution in [2.45, 2.75) is 6.04 Å². The van der Waals surface area contributed by atoms with Gasteiger partial charge in [0, 0.05) is 12.1 Å². The maximum atomic E-state index is 13.2. The maximum Gasteiger partial charge on any atom is 0.337 e. The number of aromatic carboxylic acids is 1. The minimum absolute atomic E-state index is 0.170. The maximum absolute atomic E-state index is 13.2. The summed E-state index contributed by atoms with van der Waals surface area (Å²) in [6, 6.07) is 0.970. The summed E-state index contributed by atoms with van der Waals surface area (Å²) in [7, 11) is 1.67. The van der Waals surface area contributed by atoms with Crippen LogP contribution in [0.3, 0.4) is 0 Å². The van der Waals surface area contributed by atoms with Crippen molar-refractivity contribution in [3.8, 4) is 0 Å². The molecule has 2 rings (SSSR count). The predicted octanol–water partition coefficient (Wildman–Crippen LogP) is 0.836. The van der Waals surface area contributed by atoms with Crippen molar-refractivity contribution in [2.75, 3.05) is 25.6 Å². The minimum Gasteiger partial charge on any atom is -0.478 e. The fourth-order valence-electron chi connectivity index (χ4n) is 2.15. The molecule has 2 atom stereocenters. The third kappa shape index (κ3) is 3.17. The van der Waals surface area contributed by atoms with E-state index in [1.807, 2.05) is 0 Å². The molecule has 1 aliphatic rings. The van der Waals surface area contributed by atoms with Crippen LogP contribution in [-0.2, 0) is 9.53 Å². The van der Waals surface area contributed by atoms with Gasteiger partial charge in [0.2, 0.25) is 5.91 Å². The number of carbonyl (C=O) groups is 2. The van der Waals surface area contributed by atoms with Crippen LogP contribution < -0.4 is 10.6 Å². The number of carboxylic acids is 1. The third-order valence-corrected chi connectivity index (χ3v) is 3.34. The van der Waals surface area contributed by atoms with E-state index >= 15 is 0 Å². The second-order valence-corrected chi connectivity index (χ2v) is 4.65. The average molecular weight is 300 g/mol. The lowest BCUT2D eigenvalue weighted by atomic mass is 10.0. The summed E-state index contributed by atoms with van der Waals surface area (Å²) in [6.45, 7) is 0.515. The van der Waals surface area contributed by atoms with E-state index in [0.717, 1.165) is 0 Å². The quantitative estimate of drug-likeness (QED) is 0.767. The van der Waals surface area contributed by atoms with E-state index in [9.17, 15) is 18.4 Å². The molecule has 1 heterocycles. The number of carboxylic acid groups (broad SMARTS) is 1. The molecular weight excluding hydrogens is 286 g/mol. The van der Waals surface area contributed by atoms with Gasteiger partial charge in [-0.3, -0.25) is 4.79 Å². The normalized spacial score (nSPS) is 21.3. The SMILES string of the molecule is CNC1COCC1C(=O)Nc1cc(F)c(F)cc1C(=O)O. The Bertz CT molecular complexity index is 580. The zero-order chi connectivity index (χ0) is 15.6. The lowest BCUT2D eigenvalue weighted by Crippen LogP contribution is -2.39. The molecule has 0 bridgehead atoms. The van der Waals surface area contributed by atoms with Crippen molar-refractivity contribution in [2.24, 2.45) is 5.92 Å². The van der Waals surface area contributed by atoms with Gasteiger partial charge in [0.25, 0.3) is 0 Å². The summed E-state index contributed by atoms with van der Waals surface area (Å²) < 4.78 is 31.5.